The van der Waals surface area contributed by atoms with Gasteiger partial charge in [-0.05, 0) is 12.8 Å². The van der Waals surface area contributed by atoms with Crippen molar-refractivity contribution in [1.82, 2.24) is 5.01 Å². The predicted molar refractivity (Wildman–Crippen MR) is 66.4 cm³/mol. The molecular weight excluding hydrogens is 221 g/mol. The zero-order valence-corrected chi connectivity index (χ0v) is 10.0. The normalized spacial score (nSPS) is 16.8. The van der Waals surface area contributed by atoms with Gasteiger partial charge in [-0.1, -0.05) is 6.42 Å². The van der Waals surface area contributed by atoms with Crippen molar-refractivity contribution in [2.45, 2.75) is 19.3 Å². The van der Waals surface area contributed by atoms with E-state index >= 15 is 0 Å². The van der Waals surface area contributed by atoms with Crippen LogP contribution >= 0.6 is 0 Å². The van der Waals surface area contributed by atoms with E-state index in [1.165, 1.54) is 19.6 Å². The Hall–Kier alpha value is -1.49. The zero-order valence-electron chi connectivity index (χ0n) is 10.0. The van der Waals surface area contributed by atoms with Crippen LogP contribution in [0.3, 0.4) is 0 Å². The molecule has 17 heavy (non-hydrogen) atoms. The average molecular weight is 239 g/mol. The first-order chi connectivity index (χ1) is 8.20. The highest BCUT2D eigenvalue weighted by Gasteiger charge is 2.13. The summed E-state index contributed by atoms with van der Waals surface area (Å²) in [6.07, 6.45) is 3.52. The average Bonchev–Trinajstić information content (AvgIpc) is 2.34. The molecule has 2 rings (SSSR count). The lowest BCUT2D eigenvalue weighted by Gasteiger charge is -2.28. The summed E-state index contributed by atoms with van der Waals surface area (Å²) in [7, 11) is 1.52. The highest BCUT2D eigenvalue weighted by Crippen LogP contribution is 2.28. The molecule has 1 aliphatic heterocycles. The van der Waals surface area contributed by atoms with Crippen molar-refractivity contribution < 1.29 is 9.13 Å². The number of rotatable bonds is 3. The molecule has 0 aliphatic carbocycles. The van der Waals surface area contributed by atoms with Crippen molar-refractivity contribution in [2.75, 3.05) is 31.4 Å². The van der Waals surface area contributed by atoms with Crippen LogP contribution in [0.2, 0.25) is 0 Å². The molecule has 5 heteroatoms. The minimum atomic E-state index is -0.353. The molecule has 94 valence electrons. The molecule has 0 aromatic heterocycles. The molecule has 0 spiro atoms. The molecule has 0 saturated carbocycles. The van der Waals surface area contributed by atoms with Crippen molar-refractivity contribution in [2.24, 2.45) is 0 Å². The van der Waals surface area contributed by atoms with Crippen LogP contribution < -0.4 is 15.9 Å². The first-order valence-electron chi connectivity index (χ1n) is 5.85. The third-order valence-electron chi connectivity index (χ3n) is 2.95. The van der Waals surface area contributed by atoms with Crippen LogP contribution in [0.4, 0.5) is 15.8 Å². The van der Waals surface area contributed by atoms with Crippen molar-refractivity contribution >= 4 is 11.4 Å². The van der Waals surface area contributed by atoms with Crippen molar-refractivity contribution in [3.63, 3.8) is 0 Å². The van der Waals surface area contributed by atoms with Gasteiger partial charge < -0.3 is 15.9 Å². The Bertz CT molecular complexity index is 392. The fraction of sp³-hybridized carbons (Fsp3) is 0.500. The van der Waals surface area contributed by atoms with Gasteiger partial charge >= 0.3 is 0 Å². The number of hydrogen-bond donors (Lipinski definition) is 2. The van der Waals surface area contributed by atoms with E-state index in [-0.39, 0.29) is 5.82 Å². The Morgan fingerprint density at radius 2 is 2.00 bits per heavy atom. The number of hydrogen-bond acceptors (Lipinski definition) is 4. The predicted octanol–water partition coefficient (Wildman–Crippen LogP) is 2.23. The summed E-state index contributed by atoms with van der Waals surface area (Å²) in [5.41, 5.74) is 9.43. The van der Waals surface area contributed by atoms with Gasteiger partial charge in [-0.3, -0.25) is 0 Å². The standard InChI is InChI=1S/C12H18FN3O/c1-17-12-8-11(9(13)7-10(12)14)15-16-5-3-2-4-6-16/h7-8,15H,2-6,14H2,1H3. The number of nitrogens with one attached hydrogen (secondary N) is 1. The molecule has 1 fully saturated rings. The number of ether oxygens (including phenoxy) is 1. The van der Waals surface area contributed by atoms with Crippen molar-refractivity contribution in [3.05, 3.63) is 17.9 Å². The smallest absolute Gasteiger partial charge is 0.149 e. The first kappa shape index (κ1) is 12.0. The molecular formula is C12H18FN3O. The molecule has 0 unspecified atom stereocenters. The lowest BCUT2D eigenvalue weighted by molar-refractivity contribution is 0.272. The fourth-order valence-electron chi connectivity index (χ4n) is 2.01. The summed E-state index contributed by atoms with van der Waals surface area (Å²) < 4.78 is 18.8. The number of halogens is 1. The number of piperidine rings is 1. The molecule has 0 amide bonds. The number of nitrogen functional groups attached to an aromatic ring is 1. The van der Waals surface area contributed by atoms with Crippen LogP contribution in [0.5, 0.6) is 5.75 Å². The molecule has 1 aromatic rings. The minimum Gasteiger partial charge on any atom is -0.495 e. The van der Waals surface area contributed by atoms with E-state index in [0.29, 0.717) is 17.1 Å². The van der Waals surface area contributed by atoms with Gasteiger partial charge in [0.15, 0.2) is 0 Å². The second-order valence-corrected chi connectivity index (χ2v) is 4.23. The van der Waals surface area contributed by atoms with E-state index in [4.69, 9.17) is 10.5 Å². The summed E-state index contributed by atoms with van der Waals surface area (Å²) in [5, 5.41) is 2.03. The summed E-state index contributed by atoms with van der Waals surface area (Å²) in [6.45, 7) is 1.87. The Labute approximate surface area is 101 Å². The van der Waals surface area contributed by atoms with Gasteiger partial charge in [-0.15, -0.1) is 0 Å². The van der Waals surface area contributed by atoms with E-state index in [0.717, 1.165) is 25.9 Å². The number of anilines is 2. The lowest BCUT2D eigenvalue weighted by Crippen LogP contribution is -2.35. The van der Waals surface area contributed by atoms with Crippen molar-refractivity contribution in [3.8, 4) is 5.75 Å². The van der Waals surface area contributed by atoms with E-state index in [2.05, 4.69) is 5.43 Å². The van der Waals surface area contributed by atoms with E-state index in [9.17, 15) is 4.39 Å². The number of methoxy groups -OCH3 is 1. The Kier molecular flexibility index (Phi) is 3.68. The van der Waals surface area contributed by atoms with Gasteiger partial charge in [-0.25, -0.2) is 9.40 Å². The van der Waals surface area contributed by atoms with Gasteiger partial charge in [0.05, 0.1) is 18.5 Å². The number of hydrazine groups is 1. The number of nitrogens with zero attached hydrogens (tertiary/aromatic N) is 1. The van der Waals surface area contributed by atoms with E-state index in [1.807, 2.05) is 5.01 Å². The van der Waals surface area contributed by atoms with Crippen LogP contribution in [-0.4, -0.2) is 25.2 Å². The lowest BCUT2D eigenvalue weighted by atomic mass is 10.2. The molecule has 1 heterocycles. The summed E-state index contributed by atoms with van der Waals surface area (Å²) in [6, 6.07) is 2.88. The van der Waals surface area contributed by atoms with Gasteiger partial charge in [0.1, 0.15) is 11.6 Å². The monoisotopic (exact) mass is 239 g/mol. The second kappa shape index (κ2) is 5.23. The fourth-order valence-corrected chi connectivity index (χ4v) is 2.01. The third-order valence-corrected chi connectivity index (χ3v) is 2.95. The van der Waals surface area contributed by atoms with Crippen LogP contribution in [0.15, 0.2) is 12.1 Å². The maximum absolute atomic E-state index is 13.7. The quantitative estimate of drug-likeness (QED) is 0.794. The van der Waals surface area contributed by atoms with Gasteiger partial charge in [-0.2, -0.15) is 0 Å². The highest BCUT2D eigenvalue weighted by atomic mass is 19.1. The van der Waals surface area contributed by atoms with Gasteiger partial charge in [0.25, 0.3) is 0 Å². The minimum absolute atomic E-state index is 0.314. The van der Waals surface area contributed by atoms with E-state index in [1.54, 1.807) is 6.07 Å². The van der Waals surface area contributed by atoms with Gasteiger partial charge in [0.2, 0.25) is 0 Å². The molecule has 1 saturated heterocycles. The SMILES string of the molecule is COc1cc(NN2CCCCC2)c(F)cc1N. The van der Waals surface area contributed by atoms with Crippen LogP contribution in [-0.2, 0) is 0 Å². The number of nitrogens with two attached hydrogens (primary N) is 1. The number of benzene rings is 1. The Balaban J connectivity index is 2.13. The van der Waals surface area contributed by atoms with E-state index < -0.39 is 0 Å². The molecule has 4 nitrogen and oxygen atoms in total. The van der Waals surface area contributed by atoms with Crippen LogP contribution in [0, 0.1) is 5.82 Å². The summed E-state index contributed by atoms with van der Waals surface area (Å²) in [4.78, 5) is 0. The summed E-state index contributed by atoms with van der Waals surface area (Å²) >= 11 is 0. The van der Waals surface area contributed by atoms with Crippen LogP contribution in [0.1, 0.15) is 19.3 Å². The Morgan fingerprint density at radius 1 is 1.29 bits per heavy atom. The highest BCUT2D eigenvalue weighted by molar-refractivity contribution is 5.62. The maximum Gasteiger partial charge on any atom is 0.149 e. The third kappa shape index (κ3) is 2.79. The topological polar surface area (TPSA) is 50.5 Å². The Morgan fingerprint density at radius 3 is 2.65 bits per heavy atom. The molecule has 0 bridgehead atoms. The largest absolute Gasteiger partial charge is 0.495 e. The second-order valence-electron chi connectivity index (χ2n) is 4.23. The zero-order chi connectivity index (χ0) is 12.3. The summed E-state index contributed by atoms with van der Waals surface area (Å²) in [5.74, 6) is 0.139. The molecule has 1 aliphatic rings. The van der Waals surface area contributed by atoms with Gasteiger partial charge in [0, 0.05) is 25.2 Å². The van der Waals surface area contributed by atoms with Crippen LogP contribution in [0.25, 0.3) is 0 Å². The molecule has 1 aromatic carbocycles. The maximum atomic E-state index is 13.7. The molecule has 0 radical (unpaired) electrons. The molecule has 3 N–H and O–H groups in total. The van der Waals surface area contributed by atoms with Crippen molar-refractivity contribution in [1.29, 1.82) is 0 Å². The molecule has 0 atom stereocenters. The first-order valence-corrected chi connectivity index (χ1v) is 5.85.